The molecular formula is C14H30N2. The summed E-state index contributed by atoms with van der Waals surface area (Å²) in [5.74, 6) is 0. The zero-order chi connectivity index (χ0) is 12.0. The normalized spacial score (nSPS) is 18.4. The Morgan fingerprint density at radius 2 is 1.94 bits per heavy atom. The molecule has 0 heterocycles. The molecule has 0 bridgehead atoms. The van der Waals surface area contributed by atoms with Crippen LogP contribution in [-0.4, -0.2) is 36.1 Å². The second-order valence-corrected chi connectivity index (χ2v) is 5.57. The monoisotopic (exact) mass is 226 g/mol. The lowest BCUT2D eigenvalue weighted by Gasteiger charge is -2.29. The number of nitrogens with one attached hydrogen (secondary N) is 1. The predicted molar refractivity (Wildman–Crippen MR) is 71.9 cm³/mol. The Morgan fingerprint density at radius 1 is 1.25 bits per heavy atom. The molecule has 0 radical (unpaired) electrons. The lowest BCUT2D eigenvalue weighted by Crippen LogP contribution is -2.38. The maximum Gasteiger partial charge on any atom is 0.00992 e. The van der Waals surface area contributed by atoms with Crippen LogP contribution in [-0.2, 0) is 0 Å². The highest BCUT2D eigenvalue weighted by molar-refractivity contribution is 4.87. The Morgan fingerprint density at radius 3 is 2.44 bits per heavy atom. The zero-order valence-corrected chi connectivity index (χ0v) is 11.6. The van der Waals surface area contributed by atoms with Crippen molar-refractivity contribution in [1.82, 2.24) is 10.2 Å². The fourth-order valence-electron chi connectivity index (χ4n) is 2.26. The summed E-state index contributed by atoms with van der Waals surface area (Å²) in [4.78, 5) is 2.74. The second kappa shape index (κ2) is 7.29. The Hall–Kier alpha value is -0.0800. The molecule has 1 aliphatic carbocycles. The van der Waals surface area contributed by atoms with E-state index in [1.165, 1.54) is 38.6 Å². The van der Waals surface area contributed by atoms with Crippen LogP contribution in [0.25, 0.3) is 0 Å². The third-order valence-electron chi connectivity index (χ3n) is 3.47. The molecule has 1 aliphatic rings. The molecule has 1 atom stereocenters. The van der Waals surface area contributed by atoms with Gasteiger partial charge in [-0.3, -0.25) is 4.90 Å². The van der Waals surface area contributed by atoms with Crippen molar-refractivity contribution in [2.45, 2.75) is 77.9 Å². The van der Waals surface area contributed by atoms with Gasteiger partial charge in [-0.15, -0.1) is 0 Å². The Balaban J connectivity index is 2.21. The van der Waals surface area contributed by atoms with Crippen molar-refractivity contribution in [3.05, 3.63) is 0 Å². The summed E-state index contributed by atoms with van der Waals surface area (Å²) in [6, 6.07) is 2.29. The van der Waals surface area contributed by atoms with E-state index < -0.39 is 0 Å². The molecule has 0 amide bonds. The van der Waals surface area contributed by atoms with Gasteiger partial charge in [0, 0.05) is 18.1 Å². The largest absolute Gasteiger partial charge is 0.314 e. The van der Waals surface area contributed by atoms with Crippen molar-refractivity contribution < 1.29 is 0 Å². The molecule has 0 aromatic rings. The lowest BCUT2D eigenvalue weighted by atomic mass is 10.1. The smallest absolute Gasteiger partial charge is 0.00992 e. The van der Waals surface area contributed by atoms with Crippen LogP contribution >= 0.6 is 0 Å². The first-order valence-electron chi connectivity index (χ1n) is 7.14. The number of hydrogen-bond donors (Lipinski definition) is 1. The summed E-state index contributed by atoms with van der Waals surface area (Å²) < 4.78 is 0. The van der Waals surface area contributed by atoms with E-state index in [4.69, 9.17) is 0 Å². The van der Waals surface area contributed by atoms with Crippen molar-refractivity contribution in [3.63, 3.8) is 0 Å². The van der Waals surface area contributed by atoms with Crippen molar-refractivity contribution in [2.24, 2.45) is 0 Å². The lowest BCUT2D eigenvalue weighted by molar-refractivity contribution is 0.185. The molecule has 1 rings (SSSR count). The molecule has 1 N–H and O–H groups in total. The highest BCUT2D eigenvalue weighted by atomic mass is 15.2. The minimum Gasteiger partial charge on any atom is -0.314 e. The van der Waals surface area contributed by atoms with Crippen molar-refractivity contribution in [3.8, 4) is 0 Å². The molecule has 1 unspecified atom stereocenters. The number of nitrogens with zero attached hydrogens (tertiary/aromatic N) is 1. The van der Waals surface area contributed by atoms with E-state index in [2.05, 4.69) is 37.9 Å². The van der Waals surface area contributed by atoms with Crippen molar-refractivity contribution in [2.75, 3.05) is 13.1 Å². The zero-order valence-electron chi connectivity index (χ0n) is 11.6. The Bertz CT molecular complexity index is 176. The van der Waals surface area contributed by atoms with Crippen LogP contribution < -0.4 is 5.32 Å². The van der Waals surface area contributed by atoms with Gasteiger partial charge in [-0.2, -0.15) is 0 Å². The Labute approximate surface area is 102 Å². The number of hydrogen-bond acceptors (Lipinski definition) is 2. The topological polar surface area (TPSA) is 15.3 Å². The van der Waals surface area contributed by atoms with Crippen LogP contribution in [0.5, 0.6) is 0 Å². The average Bonchev–Trinajstić information content (AvgIpc) is 3.02. The summed E-state index contributed by atoms with van der Waals surface area (Å²) >= 11 is 0. The van der Waals surface area contributed by atoms with Gasteiger partial charge in [-0.25, -0.2) is 0 Å². The molecule has 2 heteroatoms. The molecular weight excluding hydrogens is 196 g/mol. The van der Waals surface area contributed by atoms with E-state index in [-0.39, 0.29) is 0 Å². The van der Waals surface area contributed by atoms with Gasteiger partial charge < -0.3 is 5.32 Å². The molecule has 0 spiro atoms. The SMILES string of the molecule is CCCCN(C(C)CCNC(C)C)C1CC1. The van der Waals surface area contributed by atoms with Gasteiger partial charge in [0.1, 0.15) is 0 Å². The maximum absolute atomic E-state index is 3.52. The number of rotatable bonds is 9. The fraction of sp³-hybridized carbons (Fsp3) is 1.00. The number of unbranched alkanes of at least 4 members (excludes halogenated alkanes) is 1. The van der Waals surface area contributed by atoms with E-state index in [1.807, 2.05) is 0 Å². The first kappa shape index (κ1) is 14.0. The quantitative estimate of drug-likeness (QED) is 0.650. The van der Waals surface area contributed by atoms with Gasteiger partial charge in [0.2, 0.25) is 0 Å². The van der Waals surface area contributed by atoms with Gasteiger partial charge >= 0.3 is 0 Å². The molecule has 16 heavy (non-hydrogen) atoms. The van der Waals surface area contributed by atoms with E-state index in [0.717, 1.165) is 18.6 Å². The van der Waals surface area contributed by atoms with Crippen LogP contribution in [0.3, 0.4) is 0 Å². The van der Waals surface area contributed by atoms with Gasteiger partial charge in [0.15, 0.2) is 0 Å². The van der Waals surface area contributed by atoms with Gasteiger partial charge in [0.05, 0.1) is 0 Å². The summed E-state index contributed by atoms with van der Waals surface area (Å²) in [5.41, 5.74) is 0. The first-order chi connectivity index (χ1) is 7.65. The average molecular weight is 226 g/mol. The molecule has 0 saturated heterocycles. The van der Waals surface area contributed by atoms with Crippen LogP contribution in [0.2, 0.25) is 0 Å². The summed E-state index contributed by atoms with van der Waals surface area (Å²) in [6.45, 7) is 11.6. The standard InChI is InChI=1S/C14H30N2/c1-5-6-11-16(14-7-8-14)13(4)9-10-15-12(2)3/h12-15H,5-11H2,1-4H3. The molecule has 2 nitrogen and oxygen atoms in total. The predicted octanol–water partition coefficient (Wildman–Crippen LogP) is 3.03. The molecule has 1 fully saturated rings. The molecule has 0 aliphatic heterocycles. The summed E-state index contributed by atoms with van der Waals surface area (Å²) in [6.07, 6.45) is 6.84. The fourth-order valence-corrected chi connectivity index (χ4v) is 2.26. The third-order valence-corrected chi connectivity index (χ3v) is 3.47. The van der Waals surface area contributed by atoms with E-state index in [1.54, 1.807) is 0 Å². The highest BCUT2D eigenvalue weighted by Gasteiger charge is 2.31. The minimum atomic E-state index is 0.622. The van der Waals surface area contributed by atoms with Crippen LogP contribution in [0.15, 0.2) is 0 Å². The van der Waals surface area contributed by atoms with E-state index >= 15 is 0 Å². The van der Waals surface area contributed by atoms with E-state index in [0.29, 0.717) is 6.04 Å². The van der Waals surface area contributed by atoms with Crippen molar-refractivity contribution >= 4 is 0 Å². The second-order valence-electron chi connectivity index (χ2n) is 5.57. The van der Waals surface area contributed by atoms with Gasteiger partial charge in [-0.05, 0) is 45.7 Å². The van der Waals surface area contributed by atoms with Gasteiger partial charge in [0.25, 0.3) is 0 Å². The van der Waals surface area contributed by atoms with Crippen molar-refractivity contribution in [1.29, 1.82) is 0 Å². The third kappa shape index (κ3) is 5.31. The summed E-state index contributed by atoms with van der Waals surface area (Å²) in [5, 5.41) is 3.52. The Kier molecular flexibility index (Phi) is 6.37. The molecule has 96 valence electrons. The highest BCUT2D eigenvalue weighted by Crippen LogP contribution is 2.29. The van der Waals surface area contributed by atoms with E-state index in [9.17, 15) is 0 Å². The molecule has 0 aromatic carbocycles. The van der Waals surface area contributed by atoms with Crippen LogP contribution in [0.1, 0.15) is 59.8 Å². The molecule has 1 saturated carbocycles. The first-order valence-corrected chi connectivity index (χ1v) is 7.14. The minimum absolute atomic E-state index is 0.622. The summed E-state index contributed by atoms with van der Waals surface area (Å²) in [7, 11) is 0. The molecule has 0 aromatic heterocycles. The van der Waals surface area contributed by atoms with Crippen LogP contribution in [0, 0.1) is 0 Å². The van der Waals surface area contributed by atoms with Crippen LogP contribution in [0.4, 0.5) is 0 Å². The maximum atomic E-state index is 3.52. The van der Waals surface area contributed by atoms with Gasteiger partial charge in [-0.1, -0.05) is 27.2 Å².